The molecular formula is C17H21NO3. The summed E-state index contributed by atoms with van der Waals surface area (Å²) in [5.74, 6) is 1.02. The van der Waals surface area contributed by atoms with Gasteiger partial charge in [-0.25, -0.2) is 0 Å². The highest BCUT2D eigenvalue weighted by Gasteiger charge is 2.06. The van der Waals surface area contributed by atoms with Crippen LogP contribution in [0.1, 0.15) is 11.1 Å². The van der Waals surface area contributed by atoms with Crippen molar-refractivity contribution in [2.75, 3.05) is 13.2 Å². The number of aromatic hydroxyl groups is 1. The first kappa shape index (κ1) is 15.4. The molecular weight excluding hydrogens is 266 g/mol. The molecule has 2 rings (SSSR count). The van der Waals surface area contributed by atoms with Gasteiger partial charge in [0, 0.05) is 18.7 Å². The number of rotatable bonds is 7. The molecule has 4 heteroatoms. The van der Waals surface area contributed by atoms with Crippen LogP contribution in [0.25, 0.3) is 0 Å². The molecule has 1 atom stereocenters. The van der Waals surface area contributed by atoms with E-state index in [1.807, 2.05) is 43.3 Å². The maximum absolute atomic E-state index is 9.88. The van der Waals surface area contributed by atoms with Crippen molar-refractivity contribution in [2.24, 2.45) is 0 Å². The number of hydrogen-bond acceptors (Lipinski definition) is 4. The molecule has 0 aliphatic rings. The molecule has 0 amide bonds. The van der Waals surface area contributed by atoms with Gasteiger partial charge in [-0.1, -0.05) is 30.3 Å². The van der Waals surface area contributed by atoms with E-state index in [0.717, 1.165) is 16.9 Å². The Morgan fingerprint density at radius 2 is 1.95 bits per heavy atom. The summed E-state index contributed by atoms with van der Waals surface area (Å²) in [6, 6.07) is 14.9. The number of para-hydroxylation sites is 1. The van der Waals surface area contributed by atoms with Gasteiger partial charge in [-0.3, -0.25) is 0 Å². The SMILES string of the molecule is Cc1cccc(OCC(O)CNCc2ccccc2O)c1. The van der Waals surface area contributed by atoms with Crippen molar-refractivity contribution in [2.45, 2.75) is 19.6 Å². The highest BCUT2D eigenvalue weighted by atomic mass is 16.5. The normalized spacial score (nSPS) is 12.1. The lowest BCUT2D eigenvalue weighted by Gasteiger charge is -2.14. The molecule has 0 aliphatic carbocycles. The minimum absolute atomic E-state index is 0.233. The smallest absolute Gasteiger partial charge is 0.120 e. The van der Waals surface area contributed by atoms with Gasteiger partial charge in [0.2, 0.25) is 0 Å². The van der Waals surface area contributed by atoms with Crippen molar-refractivity contribution < 1.29 is 14.9 Å². The third kappa shape index (κ3) is 5.10. The van der Waals surface area contributed by atoms with Gasteiger partial charge in [0.05, 0.1) is 0 Å². The van der Waals surface area contributed by atoms with E-state index in [0.29, 0.717) is 13.1 Å². The fourth-order valence-electron chi connectivity index (χ4n) is 1.99. The lowest BCUT2D eigenvalue weighted by atomic mass is 10.2. The maximum atomic E-state index is 9.88. The summed E-state index contributed by atoms with van der Waals surface area (Å²) >= 11 is 0. The molecule has 0 saturated heterocycles. The minimum atomic E-state index is -0.601. The van der Waals surface area contributed by atoms with Gasteiger partial charge in [0.15, 0.2) is 0 Å². The van der Waals surface area contributed by atoms with Crippen LogP contribution in [0.3, 0.4) is 0 Å². The summed E-state index contributed by atoms with van der Waals surface area (Å²) in [6.07, 6.45) is -0.601. The van der Waals surface area contributed by atoms with Crippen molar-refractivity contribution in [1.82, 2.24) is 5.32 Å². The molecule has 0 spiro atoms. The van der Waals surface area contributed by atoms with Crippen LogP contribution in [0, 0.1) is 6.92 Å². The Bertz CT molecular complexity index is 571. The molecule has 0 fully saturated rings. The molecule has 112 valence electrons. The number of aliphatic hydroxyl groups is 1. The summed E-state index contributed by atoms with van der Waals surface area (Å²) in [7, 11) is 0. The number of phenols is 1. The van der Waals surface area contributed by atoms with Crippen LogP contribution in [0.4, 0.5) is 0 Å². The van der Waals surface area contributed by atoms with Gasteiger partial charge in [0.25, 0.3) is 0 Å². The Hall–Kier alpha value is -2.04. The van der Waals surface area contributed by atoms with Crippen molar-refractivity contribution in [1.29, 1.82) is 0 Å². The quantitative estimate of drug-likeness (QED) is 0.731. The molecule has 0 aliphatic heterocycles. The highest BCUT2D eigenvalue weighted by molar-refractivity contribution is 5.31. The molecule has 0 aromatic heterocycles. The Balaban J connectivity index is 1.70. The van der Waals surface area contributed by atoms with Crippen LogP contribution in [0.15, 0.2) is 48.5 Å². The van der Waals surface area contributed by atoms with E-state index in [9.17, 15) is 10.2 Å². The van der Waals surface area contributed by atoms with Crippen LogP contribution in [0.5, 0.6) is 11.5 Å². The molecule has 2 aromatic carbocycles. The largest absolute Gasteiger partial charge is 0.508 e. The van der Waals surface area contributed by atoms with Gasteiger partial charge < -0.3 is 20.3 Å². The lowest BCUT2D eigenvalue weighted by Crippen LogP contribution is -2.31. The second-order valence-electron chi connectivity index (χ2n) is 5.04. The third-order valence-corrected chi connectivity index (χ3v) is 3.12. The third-order valence-electron chi connectivity index (χ3n) is 3.12. The fraction of sp³-hybridized carbons (Fsp3) is 0.294. The van der Waals surface area contributed by atoms with Crippen molar-refractivity contribution >= 4 is 0 Å². The number of phenolic OH excluding ortho intramolecular Hbond substituents is 1. The minimum Gasteiger partial charge on any atom is -0.508 e. The zero-order valence-corrected chi connectivity index (χ0v) is 12.1. The van der Waals surface area contributed by atoms with E-state index in [1.165, 1.54) is 0 Å². The van der Waals surface area contributed by atoms with Crippen molar-refractivity contribution in [3.05, 3.63) is 59.7 Å². The number of hydrogen-bond donors (Lipinski definition) is 3. The topological polar surface area (TPSA) is 61.7 Å². The lowest BCUT2D eigenvalue weighted by molar-refractivity contribution is 0.106. The summed E-state index contributed by atoms with van der Waals surface area (Å²) in [5.41, 5.74) is 1.93. The Morgan fingerprint density at radius 3 is 2.71 bits per heavy atom. The number of nitrogens with one attached hydrogen (secondary N) is 1. The van der Waals surface area contributed by atoms with Crippen LogP contribution in [-0.2, 0) is 6.54 Å². The first-order valence-corrected chi connectivity index (χ1v) is 7.00. The molecule has 0 bridgehead atoms. The second kappa shape index (κ2) is 7.67. The van der Waals surface area contributed by atoms with Crippen LogP contribution >= 0.6 is 0 Å². The molecule has 3 N–H and O–H groups in total. The van der Waals surface area contributed by atoms with Gasteiger partial charge >= 0.3 is 0 Å². The predicted molar refractivity (Wildman–Crippen MR) is 82.5 cm³/mol. The van der Waals surface area contributed by atoms with Crippen LogP contribution in [-0.4, -0.2) is 29.5 Å². The highest BCUT2D eigenvalue weighted by Crippen LogP contribution is 2.15. The number of benzene rings is 2. The molecule has 0 saturated carbocycles. The number of ether oxygens (including phenoxy) is 1. The average Bonchev–Trinajstić information content (AvgIpc) is 2.47. The standard InChI is InChI=1S/C17H21NO3/c1-13-5-4-7-16(9-13)21-12-15(19)11-18-10-14-6-2-3-8-17(14)20/h2-9,15,18-20H,10-12H2,1H3. The average molecular weight is 287 g/mol. The Labute approximate surface area is 125 Å². The molecule has 21 heavy (non-hydrogen) atoms. The van der Waals surface area contributed by atoms with E-state index < -0.39 is 6.10 Å². The fourth-order valence-corrected chi connectivity index (χ4v) is 1.99. The second-order valence-corrected chi connectivity index (χ2v) is 5.04. The first-order valence-electron chi connectivity index (χ1n) is 7.00. The first-order chi connectivity index (χ1) is 10.1. The molecule has 0 radical (unpaired) electrons. The van der Waals surface area contributed by atoms with Gasteiger partial charge in [-0.15, -0.1) is 0 Å². The Kier molecular flexibility index (Phi) is 5.60. The van der Waals surface area contributed by atoms with Crippen LogP contribution in [0.2, 0.25) is 0 Å². The van der Waals surface area contributed by atoms with Crippen molar-refractivity contribution in [3.8, 4) is 11.5 Å². The molecule has 2 aromatic rings. The molecule has 4 nitrogen and oxygen atoms in total. The van der Waals surface area contributed by atoms with E-state index in [1.54, 1.807) is 12.1 Å². The summed E-state index contributed by atoms with van der Waals surface area (Å²) in [5, 5.41) is 22.6. The van der Waals surface area contributed by atoms with E-state index in [-0.39, 0.29) is 12.4 Å². The van der Waals surface area contributed by atoms with E-state index in [2.05, 4.69) is 5.32 Å². The van der Waals surface area contributed by atoms with Gasteiger partial charge in [0.1, 0.15) is 24.2 Å². The van der Waals surface area contributed by atoms with Crippen molar-refractivity contribution in [3.63, 3.8) is 0 Å². The zero-order valence-electron chi connectivity index (χ0n) is 12.1. The monoisotopic (exact) mass is 287 g/mol. The Morgan fingerprint density at radius 1 is 1.14 bits per heavy atom. The number of aryl methyl sites for hydroxylation is 1. The molecule has 1 unspecified atom stereocenters. The van der Waals surface area contributed by atoms with E-state index >= 15 is 0 Å². The van der Waals surface area contributed by atoms with Gasteiger partial charge in [-0.2, -0.15) is 0 Å². The maximum Gasteiger partial charge on any atom is 0.120 e. The molecule has 0 heterocycles. The summed E-state index contributed by atoms with van der Waals surface area (Å²) in [6.45, 7) is 3.14. The summed E-state index contributed by atoms with van der Waals surface area (Å²) < 4.78 is 5.54. The summed E-state index contributed by atoms with van der Waals surface area (Å²) in [4.78, 5) is 0. The van der Waals surface area contributed by atoms with E-state index in [4.69, 9.17) is 4.74 Å². The van der Waals surface area contributed by atoms with Gasteiger partial charge in [-0.05, 0) is 30.7 Å². The zero-order chi connectivity index (χ0) is 15.1. The predicted octanol–water partition coefficient (Wildman–Crippen LogP) is 2.23. The van der Waals surface area contributed by atoms with Crippen LogP contribution < -0.4 is 10.1 Å². The number of aliphatic hydroxyl groups excluding tert-OH is 1.